The highest BCUT2D eigenvalue weighted by molar-refractivity contribution is 9.10. The summed E-state index contributed by atoms with van der Waals surface area (Å²) in [7, 11) is 3.31. The van der Waals surface area contributed by atoms with Crippen LogP contribution in [0.1, 0.15) is 16.8 Å². The standard InChI is InChI=1S/C13H17BrN2O3/c1-18-8-11-4-12(19-2)7-16(11)13(17)9-3-10(14)6-15-5-9/h3,5-6,11-12H,4,7-8H2,1-2H3/t11-,12+/m0/s1. The van der Waals surface area contributed by atoms with E-state index < -0.39 is 0 Å². The molecule has 104 valence electrons. The lowest BCUT2D eigenvalue weighted by Crippen LogP contribution is -2.38. The van der Waals surface area contributed by atoms with Gasteiger partial charge >= 0.3 is 0 Å². The van der Waals surface area contributed by atoms with Crippen LogP contribution in [0.5, 0.6) is 0 Å². The summed E-state index contributed by atoms with van der Waals surface area (Å²) in [4.78, 5) is 18.3. The number of halogens is 1. The first-order chi connectivity index (χ1) is 9.15. The van der Waals surface area contributed by atoms with E-state index in [-0.39, 0.29) is 18.1 Å². The van der Waals surface area contributed by atoms with Crippen LogP contribution in [0, 0.1) is 0 Å². The molecular weight excluding hydrogens is 312 g/mol. The number of methoxy groups -OCH3 is 2. The second-order valence-corrected chi connectivity index (χ2v) is 5.47. The normalized spacial score (nSPS) is 22.8. The second kappa shape index (κ2) is 6.45. The maximum Gasteiger partial charge on any atom is 0.255 e. The molecule has 19 heavy (non-hydrogen) atoms. The van der Waals surface area contributed by atoms with Crippen LogP contribution in [0.2, 0.25) is 0 Å². The monoisotopic (exact) mass is 328 g/mol. The molecule has 5 nitrogen and oxygen atoms in total. The van der Waals surface area contributed by atoms with Gasteiger partial charge in [-0.2, -0.15) is 0 Å². The molecule has 0 saturated carbocycles. The highest BCUT2D eigenvalue weighted by Gasteiger charge is 2.35. The number of carbonyl (C=O) groups is 1. The van der Waals surface area contributed by atoms with Crippen LogP contribution in [-0.4, -0.2) is 55.3 Å². The Balaban J connectivity index is 2.16. The number of ether oxygens (including phenoxy) is 2. The summed E-state index contributed by atoms with van der Waals surface area (Å²) in [6.45, 7) is 1.11. The summed E-state index contributed by atoms with van der Waals surface area (Å²) < 4.78 is 11.3. The minimum atomic E-state index is -0.0320. The van der Waals surface area contributed by atoms with Gasteiger partial charge in [0, 0.05) is 37.6 Å². The maximum atomic E-state index is 12.5. The van der Waals surface area contributed by atoms with Crippen molar-refractivity contribution in [3.05, 3.63) is 28.5 Å². The lowest BCUT2D eigenvalue weighted by atomic mass is 10.2. The Labute approximate surface area is 121 Å². The van der Waals surface area contributed by atoms with Gasteiger partial charge < -0.3 is 14.4 Å². The number of aromatic nitrogens is 1. The van der Waals surface area contributed by atoms with Gasteiger partial charge in [-0.3, -0.25) is 9.78 Å². The van der Waals surface area contributed by atoms with Crippen LogP contribution < -0.4 is 0 Å². The van der Waals surface area contributed by atoms with Crippen molar-refractivity contribution in [2.45, 2.75) is 18.6 Å². The van der Waals surface area contributed by atoms with E-state index in [2.05, 4.69) is 20.9 Å². The van der Waals surface area contributed by atoms with E-state index in [1.165, 1.54) is 0 Å². The Morgan fingerprint density at radius 3 is 2.95 bits per heavy atom. The molecule has 1 aromatic rings. The number of likely N-dealkylation sites (tertiary alicyclic amines) is 1. The van der Waals surface area contributed by atoms with Crippen molar-refractivity contribution in [2.75, 3.05) is 27.4 Å². The molecule has 1 saturated heterocycles. The second-order valence-electron chi connectivity index (χ2n) is 4.55. The number of pyridine rings is 1. The SMILES string of the molecule is COC[C@@H]1C[C@@H](OC)CN1C(=O)c1cncc(Br)c1. The van der Waals surface area contributed by atoms with Gasteiger partial charge in [0.2, 0.25) is 0 Å². The zero-order valence-corrected chi connectivity index (χ0v) is 12.6. The molecule has 0 aliphatic carbocycles. The molecule has 1 fully saturated rings. The summed E-state index contributed by atoms with van der Waals surface area (Å²) in [5, 5.41) is 0. The van der Waals surface area contributed by atoms with E-state index in [1.807, 2.05) is 0 Å². The number of nitrogens with zero attached hydrogens (tertiary/aromatic N) is 2. The molecule has 0 N–H and O–H groups in total. The molecule has 0 aromatic carbocycles. The fourth-order valence-corrected chi connectivity index (χ4v) is 2.70. The zero-order chi connectivity index (χ0) is 13.8. The van der Waals surface area contributed by atoms with Gasteiger partial charge in [0.05, 0.1) is 24.3 Å². The van der Waals surface area contributed by atoms with Gasteiger partial charge in [-0.25, -0.2) is 0 Å². The molecule has 1 amide bonds. The van der Waals surface area contributed by atoms with Crippen LogP contribution in [0.15, 0.2) is 22.9 Å². The number of hydrogen-bond acceptors (Lipinski definition) is 4. The van der Waals surface area contributed by atoms with Crippen molar-refractivity contribution in [3.63, 3.8) is 0 Å². The summed E-state index contributed by atoms with van der Waals surface area (Å²) in [5.74, 6) is -0.0320. The molecule has 0 radical (unpaired) electrons. The zero-order valence-electron chi connectivity index (χ0n) is 11.0. The molecule has 1 aliphatic rings. The highest BCUT2D eigenvalue weighted by atomic mass is 79.9. The van der Waals surface area contributed by atoms with Crippen LogP contribution >= 0.6 is 15.9 Å². The highest BCUT2D eigenvalue weighted by Crippen LogP contribution is 2.23. The quantitative estimate of drug-likeness (QED) is 0.844. The fourth-order valence-electron chi connectivity index (χ4n) is 2.34. The molecule has 2 rings (SSSR count). The Kier molecular flexibility index (Phi) is 4.90. The van der Waals surface area contributed by atoms with Gasteiger partial charge in [0.1, 0.15) is 0 Å². The smallest absolute Gasteiger partial charge is 0.255 e. The van der Waals surface area contributed by atoms with Crippen molar-refractivity contribution in [1.82, 2.24) is 9.88 Å². The largest absolute Gasteiger partial charge is 0.383 e. The van der Waals surface area contributed by atoms with E-state index in [0.717, 1.165) is 10.9 Å². The number of hydrogen-bond donors (Lipinski definition) is 0. The van der Waals surface area contributed by atoms with E-state index in [1.54, 1.807) is 37.6 Å². The molecule has 0 unspecified atom stereocenters. The van der Waals surface area contributed by atoms with Crippen molar-refractivity contribution in [3.8, 4) is 0 Å². The Hall–Kier alpha value is -0.980. The minimum Gasteiger partial charge on any atom is -0.383 e. The van der Waals surface area contributed by atoms with Crippen molar-refractivity contribution in [2.24, 2.45) is 0 Å². The van der Waals surface area contributed by atoms with Gasteiger partial charge in [-0.15, -0.1) is 0 Å². The summed E-state index contributed by atoms with van der Waals surface area (Å²) in [5.41, 5.74) is 0.576. The van der Waals surface area contributed by atoms with Crippen LogP contribution in [-0.2, 0) is 9.47 Å². The van der Waals surface area contributed by atoms with Crippen LogP contribution in [0.4, 0.5) is 0 Å². The van der Waals surface area contributed by atoms with Gasteiger partial charge in [0.25, 0.3) is 5.91 Å². The lowest BCUT2D eigenvalue weighted by molar-refractivity contribution is 0.0611. The van der Waals surface area contributed by atoms with E-state index in [4.69, 9.17) is 9.47 Å². The predicted molar refractivity (Wildman–Crippen MR) is 74.1 cm³/mol. The third-order valence-electron chi connectivity index (χ3n) is 3.28. The summed E-state index contributed by atoms with van der Waals surface area (Å²) in [6, 6.07) is 1.83. The average molecular weight is 329 g/mol. The lowest BCUT2D eigenvalue weighted by Gasteiger charge is -2.23. The van der Waals surface area contributed by atoms with Gasteiger partial charge in [-0.05, 0) is 28.4 Å². The first-order valence-corrected chi connectivity index (χ1v) is 6.88. The Morgan fingerprint density at radius 2 is 2.32 bits per heavy atom. The predicted octanol–water partition coefficient (Wildman–Crippen LogP) is 1.72. The van der Waals surface area contributed by atoms with Crippen molar-refractivity contribution in [1.29, 1.82) is 0 Å². The van der Waals surface area contributed by atoms with Crippen molar-refractivity contribution >= 4 is 21.8 Å². The average Bonchev–Trinajstić information content (AvgIpc) is 2.81. The fraction of sp³-hybridized carbons (Fsp3) is 0.538. The molecule has 2 heterocycles. The molecule has 1 aliphatic heterocycles. The molecule has 6 heteroatoms. The van der Waals surface area contributed by atoms with E-state index in [9.17, 15) is 4.79 Å². The maximum absolute atomic E-state index is 12.5. The van der Waals surface area contributed by atoms with Crippen LogP contribution in [0.3, 0.4) is 0 Å². The third-order valence-corrected chi connectivity index (χ3v) is 3.71. The van der Waals surface area contributed by atoms with Crippen LogP contribution in [0.25, 0.3) is 0 Å². The van der Waals surface area contributed by atoms with E-state index >= 15 is 0 Å². The Morgan fingerprint density at radius 1 is 1.53 bits per heavy atom. The van der Waals surface area contributed by atoms with Crippen molar-refractivity contribution < 1.29 is 14.3 Å². The number of amides is 1. The number of carbonyl (C=O) groups excluding carboxylic acids is 1. The third kappa shape index (κ3) is 3.32. The van der Waals surface area contributed by atoms with E-state index in [0.29, 0.717) is 18.7 Å². The first kappa shape index (κ1) is 14.4. The number of rotatable bonds is 4. The van der Waals surface area contributed by atoms with Gasteiger partial charge in [0.15, 0.2) is 0 Å². The first-order valence-electron chi connectivity index (χ1n) is 6.09. The molecular formula is C13H17BrN2O3. The van der Waals surface area contributed by atoms with Gasteiger partial charge in [-0.1, -0.05) is 0 Å². The Bertz CT molecular complexity index is 455. The topological polar surface area (TPSA) is 51.7 Å². The molecule has 0 bridgehead atoms. The molecule has 1 aromatic heterocycles. The summed E-state index contributed by atoms with van der Waals surface area (Å²) >= 11 is 3.33. The molecule has 0 spiro atoms. The molecule has 2 atom stereocenters. The minimum absolute atomic E-state index is 0.0320. The summed E-state index contributed by atoms with van der Waals surface area (Å²) in [6.07, 6.45) is 4.11.